The zero-order valence-corrected chi connectivity index (χ0v) is 10.3. The van der Waals surface area contributed by atoms with Gasteiger partial charge in [0, 0.05) is 11.1 Å². The molecule has 1 rings (SSSR count). The lowest BCUT2D eigenvalue weighted by Gasteiger charge is -2.06. The Balaban J connectivity index is 3.27. The maximum atomic E-state index is 11.5. The van der Waals surface area contributed by atoms with Crippen molar-refractivity contribution < 1.29 is 19.1 Å². The lowest BCUT2D eigenvalue weighted by molar-refractivity contribution is 0.0523. The van der Waals surface area contributed by atoms with Crippen LogP contribution in [0.2, 0.25) is 0 Å². The highest BCUT2D eigenvalue weighted by atomic mass is 35.5. The monoisotopic (exact) mass is 274 g/mol. The van der Waals surface area contributed by atoms with Crippen LogP contribution >= 0.6 is 23.2 Å². The van der Waals surface area contributed by atoms with E-state index in [9.17, 15) is 14.4 Å². The molecule has 0 spiro atoms. The maximum Gasteiger partial charge on any atom is 0.338 e. The van der Waals surface area contributed by atoms with Crippen LogP contribution in [-0.2, 0) is 4.74 Å². The quantitative estimate of drug-likeness (QED) is 0.626. The Kier molecular flexibility index (Phi) is 4.66. The van der Waals surface area contributed by atoms with Gasteiger partial charge < -0.3 is 4.74 Å². The number of hydrogen-bond donors (Lipinski definition) is 0. The zero-order valence-electron chi connectivity index (χ0n) is 8.83. The number of rotatable bonds is 4. The second-order valence-electron chi connectivity index (χ2n) is 3.03. The van der Waals surface area contributed by atoms with Crippen LogP contribution in [0.25, 0.3) is 0 Å². The number of halogens is 2. The van der Waals surface area contributed by atoms with Gasteiger partial charge in [0.2, 0.25) is 0 Å². The van der Waals surface area contributed by atoms with Crippen LogP contribution in [0.5, 0.6) is 0 Å². The molecule has 0 fully saturated rings. The molecule has 0 aliphatic carbocycles. The van der Waals surface area contributed by atoms with Crippen molar-refractivity contribution in [2.75, 3.05) is 6.61 Å². The van der Waals surface area contributed by atoms with Crippen LogP contribution in [0.15, 0.2) is 18.2 Å². The normalized spacial score (nSPS) is 9.82. The van der Waals surface area contributed by atoms with E-state index in [0.29, 0.717) is 0 Å². The third kappa shape index (κ3) is 3.28. The fourth-order valence-electron chi connectivity index (χ4n) is 1.22. The first-order chi connectivity index (χ1) is 7.97. The van der Waals surface area contributed by atoms with Crippen molar-refractivity contribution in [2.24, 2.45) is 0 Å². The predicted molar refractivity (Wildman–Crippen MR) is 62.8 cm³/mol. The Morgan fingerprint density at radius 1 is 1.12 bits per heavy atom. The largest absolute Gasteiger partial charge is 0.462 e. The van der Waals surface area contributed by atoms with Crippen LogP contribution in [0.3, 0.4) is 0 Å². The predicted octanol–water partition coefficient (Wildman–Crippen LogP) is 2.62. The van der Waals surface area contributed by atoms with Crippen LogP contribution < -0.4 is 0 Å². The SMILES string of the molecule is CCOC(=O)c1ccc(C(=O)Cl)cc1C(=O)Cl. The molecule has 0 bridgehead atoms. The van der Waals surface area contributed by atoms with Gasteiger partial charge in [-0.25, -0.2) is 4.79 Å². The molecule has 4 nitrogen and oxygen atoms in total. The molecule has 0 aliphatic rings. The van der Waals surface area contributed by atoms with E-state index in [1.54, 1.807) is 6.92 Å². The van der Waals surface area contributed by atoms with Crippen molar-refractivity contribution in [3.8, 4) is 0 Å². The second-order valence-corrected chi connectivity index (χ2v) is 3.71. The average Bonchev–Trinajstić information content (AvgIpc) is 2.28. The molecule has 17 heavy (non-hydrogen) atoms. The van der Waals surface area contributed by atoms with Gasteiger partial charge in [-0.05, 0) is 48.3 Å². The molecule has 0 unspecified atom stereocenters. The number of hydrogen-bond acceptors (Lipinski definition) is 4. The molecule has 0 saturated heterocycles. The summed E-state index contributed by atoms with van der Waals surface area (Å²) in [5.41, 5.74) is -0.00570. The molecule has 0 aromatic heterocycles. The summed E-state index contributed by atoms with van der Waals surface area (Å²) in [4.78, 5) is 33.6. The minimum Gasteiger partial charge on any atom is -0.462 e. The summed E-state index contributed by atoms with van der Waals surface area (Å²) in [5.74, 6) is -0.676. The minimum atomic E-state index is -0.854. The van der Waals surface area contributed by atoms with E-state index < -0.39 is 16.5 Å². The van der Waals surface area contributed by atoms with E-state index in [-0.39, 0.29) is 23.3 Å². The molecule has 0 aliphatic heterocycles. The zero-order chi connectivity index (χ0) is 13.0. The lowest BCUT2D eigenvalue weighted by Crippen LogP contribution is -2.10. The number of carbonyl (C=O) groups excluding carboxylic acids is 3. The molecule has 0 heterocycles. The molecular formula is C11H8Cl2O4. The van der Waals surface area contributed by atoms with Gasteiger partial charge >= 0.3 is 5.97 Å². The highest BCUT2D eigenvalue weighted by Gasteiger charge is 2.18. The summed E-state index contributed by atoms with van der Waals surface area (Å²) in [7, 11) is 0. The highest BCUT2D eigenvalue weighted by Crippen LogP contribution is 2.17. The number of ether oxygens (including phenoxy) is 1. The molecule has 6 heteroatoms. The van der Waals surface area contributed by atoms with E-state index in [2.05, 4.69) is 0 Å². The fraction of sp³-hybridized carbons (Fsp3) is 0.182. The Bertz CT molecular complexity index is 482. The van der Waals surface area contributed by atoms with Crippen LogP contribution in [0.4, 0.5) is 0 Å². The van der Waals surface area contributed by atoms with Crippen LogP contribution in [0.1, 0.15) is 38.0 Å². The van der Waals surface area contributed by atoms with Gasteiger partial charge in [-0.15, -0.1) is 0 Å². The number of esters is 1. The van der Waals surface area contributed by atoms with Crippen molar-refractivity contribution in [1.29, 1.82) is 0 Å². The molecule has 0 atom stereocenters. The van der Waals surface area contributed by atoms with Gasteiger partial charge in [0.25, 0.3) is 10.5 Å². The van der Waals surface area contributed by atoms with Gasteiger partial charge in [-0.3, -0.25) is 9.59 Å². The van der Waals surface area contributed by atoms with Crippen molar-refractivity contribution in [2.45, 2.75) is 6.92 Å². The van der Waals surface area contributed by atoms with E-state index in [4.69, 9.17) is 27.9 Å². The maximum absolute atomic E-state index is 11.5. The molecule has 0 amide bonds. The number of carbonyl (C=O) groups is 3. The average molecular weight is 275 g/mol. The topological polar surface area (TPSA) is 60.4 Å². The van der Waals surface area contributed by atoms with Crippen LogP contribution in [-0.4, -0.2) is 23.1 Å². The minimum absolute atomic E-state index is 0.00789. The van der Waals surface area contributed by atoms with Gasteiger partial charge in [0.1, 0.15) is 0 Å². The van der Waals surface area contributed by atoms with Crippen molar-refractivity contribution in [3.63, 3.8) is 0 Å². The third-order valence-electron chi connectivity index (χ3n) is 1.95. The Hall–Kier alpha value is -1.39. The van der Waals surface area contributed by atoms with E-state index in [1.165, 1.54) is 12.1 Å². The highest BCUT2D eigenvalue weighted by molar-refractivity contribution is 6.69. The molecule has 0 N–H and O–H groups in total. The lowest BCUT2D eigenvalue weighted by atomic mass is 10.1. The summed E-state index contributed by atoms with van der Waals surface area (Å²) in [6.45, 7) is 1.81. The Morgan fingerprint density at radius 3 is 2.24 bits per heavy atom. The molecular weight excluding hydrogens is 267 g/mol. The van der Waals surface area contributed by atoms with Gasteiger partial charge in [0.15, 0.2) is 0 Å². The van der Waals surface area contributed by atoms with Gasteiger partial charge in [-0.2, -0.15) is 0 Å². The molecule has 1 aromatic rings. The fourth-order valence-corrected chi connectivity index (χ4v) is 1.49. The van der Waals surface area contributed by atoms with Crippen LogP contribution in [0, 0.1) is 0 Å². The molecule has 90 valence electrons. The number of benzene rings is 1. The molecule has 0 radical (unpaired) electrons. The molecule has 0 saturated carbocycles. The summed E-state index contributed by atoms with van der Waals surface area (Å²) < 4.78 is 4.75. The van der Waals surface area contributed by atoms with E-state index in [0.717, 1.165) is 6.07 Å². The standard InChI is InChI=1S/C11H8Cl2O4/c1-2-17-11(16)7-4-3-6(9(12)14)5-8(7)10(13)15/h3-5H,2H2,1H3. The Labute approximate surface area is 107 Å². The first-order valence-corrected chi connectivity index (χ1v) is 5.43. The van der Waals surface area contributed by atoms with E-state index in [1.807, 2.05) is 0 Å². The van der Waals surface area contributed by atoms with Gasteiger partial charge in [0.05, 0.1) is 12.2 Å². The molecule has 1 aromatic carbocycles. The van der Waals surface area contributed by atoms with E-state index >= 15 is 0 Å². The van der Waals surface area contributed by atoms with Crippen molar-refractivity contribution in [3.05, 3.63) is 34.9 Å². The summed E-state index contributed by atoms with van der Waals surface area (Å²) in [6.07, 6.45) is 0. The van der Waals surface area contributed by atoms with Crippen molar-refractivity contribution in [1.82, 2.24) is 0 Å². The first-order valence-electron chi connectivity index (χ1n) is 4.68. The Morgan fingerprint density at radius 2 is 1.76 bits per heavy atom. The van der Waals surface area contributed by atoms with Gasteiger partial charge in [-0.1, -0.05) is 0 Å². The first kappa shape index (κ1) is 13.7. The van der Waals surface area contributed by atoms with Crippen molar-refractivity contribution >= 4 is 39.7 Å². The smallest absolute Gasteiger partial charge is 0.338 e. The summed E-state index contributed by atoms with van der Waals surface area (Å²) >= 11 is 10.6. The summed E-state index contributed by atoms with van der Waals surface area (Å²) in [6, 6.07) is 3.77. The second kappa shape index (κ2) is 5.80. The third-order valence-corrected chi connectivity index (χ3v) is 2.38. The summed E-state index contributed by atoms with van der Waals surface area (Å²) in [5, 5.41) is -1.59.